The maximum atomic E-state index is 12.5. The Morgan fingerprint density at radius 3 is 1.03 bits per heavy atom. The zero-order valence-electron chi connectivity index (χ0n) is 46.8. The lowest BCUT2D eigenvalue weighted by Gasteiger charge is -2.22. The van der Waals surface area contributed by atoms with E-state index in [4.69, 9.17) is 4.74 Å². The van der Waals surface area contributed by atoms with Gasteiger partial charge in [-0.05, 0) is 51.4 Å². The number of aliphatic hydroxyl groups is 2. The van der Waals surface area contributed by atoms with Crippen molar-refractivity contribution in [1.29, 1.82) is 0 Å². The Labute approximate surface area is 431 Å². The van der Waals surface area contributed by atoms with E-state index in [1.54, 1.807) is 0 Å². The number of rotatable bonds is 59. The number of amides is 1. The van der Waals surface area contributed by atoms with Crippen molar-refractivity contribution in [3.05, 3.63) is 12.2 Å². The number of carbonyl (C=O) groups excluding carboxylic acids is 2. The second kappa shape index (κ2) is 59.2. The monoisotopic (exact) mass is 974 g/mol. The Bertz CT molecular complexity index is 1030. The molecule has 0 rings (SSSR count). The number of allylic oxidation sites excluding steroid dienone is 2. The Morgan fingerprint density at radius 1 is 0.391 bits per heavy atom. The zero-order chi connectivity index (χ0) is 50.0. The molecule has 0 radical (unpaired) electrons. The second-order valence-corrected chi connectivity index (χ2v) is 21.7. The zero-order valence-corrected chi connectivity index (χ0v) is 46.8. The number of unbranched alkanes of at least 4 members (excludes halogenated alkanes) is 46. The third-order valence-electron chi connectivity index (χ3n) is 14.8. The number of ether oxygens (including phenoxy) is 1. The van der Waals surface area contributed by atoms with E-state index in [1.807, 2.05) is 0 Å². The summed E-state index contributed by atoms with van der Waals surface area (Å²) >= 11 is 0. The summed E-state index contributed by atoms with van der Waals surface area (Å²) in [7, 11) is 0. The van der Waals surface area contributed by atoms with Gasteiger partial charge in [0.15, 0.2) is 0 Å². The maximum absolute atomic E-state index is 12.5. The molecule has 69 heavy (non-hydrogen) atoms. The number of hydrogen-bond acceptors (Lipinski definition) is 5. The third kappa shape index (κ3) is 55.8. The molecule has 6 nitrogen and oxygen atoms in total. The minimum absolute atomic E-state index is 0.0136. The average Bonchev–Trinajstić information content (AvgIpc) is 3.35. The fourth-order valence-electron chi connectivity index (χ4n) is 9.99. The highest BCUT2D eigenvalue weighted by atomic mass is 16.5. The van der Waals surface area contributed by atoms with Crippen LogP contribution >= 0.6 is 0 Å². The molecule has 0 fully saturated rings. The predicted molar refractivity (Wildman–Crippen MR) is 301 cm³/mol. The number of esters is 1. The lowest BCUT2D eigenvalue weighted by Crippen LogP contribution is -2.45. The van der Waals surface area contributed by atoms with Crippen molar-refractivity contribution in [3.8, 4) is 0 Å². The lowest BCUT2D eigenvalue weighted by atomic mass is 10.0. The molecule has 410 valence electrons. The van der Waals surface area contributed by atoms with Crippen LogP contribution in [0.3, 0.4) is 0 Å². The molecule has 0 aliphatic carbocycles. The van der Waals surface area contributed by atoms with Gasteiger partial charge in [-0.1, -0.05) is 302 Å². The maximum Gasteiger partial charge on any atom is 0.305 e. The molecule has 0 saturated heterocycles. The summed E-state index contributed by atoms with van der Waals surface area (Å²) in [4.78, 5) is 24.6. The first-order chi connectivity index (χ1) is 34.0. The fraction of sp³-hybridized carbons (Fsp3) is 0.937. The quantitative estimate of drug-likeness (QED) is 0.0321. The molecule has 2 unspecified atom stereocenters. The van der Waals surface area contributed by atoms with E-state index in [1.165, 1.54) is 283 Å². The molecule has 6 heteroatoms. The van der Waals surface area contributed by atoms with E-state index in [9.17, 15) is 19.8 Å². The van der Waals surface area contributed by atoms with Crippen molar-refractivity contribution in [2.45, 2.75) is 366 Å². The van der Waals surface area contributed by atoms with E-state index in [0.717, 1.165) is 38.5 Å². The Morgan fingerprint density at radius 2 is 0.681 bits per heavy atom. The normalized spacial score (nSPS) is 12.6. The summed E-state index contributed by atoms with van der Waals surface area (Å²) < 4.78 is 5.50. The summed E-state index contributed by atoms with van der Waals surface area (Å²) in [5, 5.41) is 23.2. The van der Waals surface area contributed by atoms with E-state index >= 15 is 0 Å². The Balaban J connectivity index is 3.37. The van der Waals surface area contributed by atoms with Crippen LogP contribution in [0.25, 0.3) is 0 Å². The van der Waals surface area contributed by atoms with Crippen LogP contribution in [-0.2, 0) is 14.3 Å². The molecule has 0 saturated carbocycles. The average molecular weight is 975 g/mol. The number of aliphatic hydroxyl groups excluding tert-OH is 2. The van der Waals surface area contributed by atoms with Crippen LogP contribution < -0.4 is 5.32 Å². The number of carbonyl (C=O) groups is 2. The van der Waals surface area contributed by atoms with Gasteiger partial charge >= 0.3 is 5.97 Å². The first kappa shape index (κ1) is 67.6. The van der Waals surface area contributed by atoms with Crippen molar-refractivity contribution in [3.63, 3.8) is 0 Å². The molecule has 0 aromatic heterocycles. The van der Waals surface area contributed by atoms with Gasteiger partial charge in [-0.3, -0.25) is 9.59 Å². The molecule has 2 atom stereocenters. The predicted octanol–water partition coefficient (Wildman–Crippen LogP) is 19.6. The SMILES string of the molecule is CCCCCCCCCCCCCCCCCCCCCC(=O)OCCCCCCCCCCCC/C=C\CCCCCCCCCC(=O)NC(CO)C(O)CCCCCCCCCCCCCC. The summed E-state index contributed by atoms with van der Waals surface area (Å²) in [5.41, 5.74) is 0. The summed E-state index contributed by atoms with van der Waals surface area (Å²) in [6.07, 6.45) is 70.8. The first-order valence-corrected chi connectivity index (χ1v) is 31.4. The molecule has 0 spiro atoms. The Kier molecular flexibility index (Phi) is 58.0. The summed E-state index contributed by atoms with van der Waals surface area (Å²) in [6, 6.07) is -0.545. The van der Waals surface area contributed by atoms with Gasteiger partial charge < -0.3 is 20.3 Å². The highest BCUT2D eigenvalue weighted by Gasteiger charge is 2.20. The van der Waals surface area contributed by atoms with Crippen LogP contribution in [-0.4, -0.2) is 47.4 Å². The van der Waals surface area contributed by atoms with Crippen molar-refractivity contribution >= 4 is 11.9 Å². The van der Waals surface area contributed by atoms with Crippen molar-refractivity contribution in [2.24, 2.45) is 0 Å². The van der Waals surface area contributed by atoms with E-state index < -0.39 is 12.1 Å². The minimum atomic E-state index is -0.667. The second-order valence-electron chi connectivity index (χ2n) is 21.7. The van der Waals surface area contributed by atoms with Crippen LogP contribution in [0, 0.1) is 0 Å². The van der Waals surface area contributed by atoms with Crippen molar-refractivity contribution in [2.75, 3.05) is 13.2 Å². The first-order valence-electron chi connectivity index (χ1n) is 31.4. The van der Waals surface area contributed by atoms with E-state index in [2.05, 4.69) is 31.3 Å². The molecule has 0 aromatic rings. The molecule has 0 heterocycles. The van der Waals surface area contributed by atoms with Crippen molar-refractivity contribution < 1.29 is 24.5 Å². The molecule has 0 bridgehead atoms. The Hall–Kier alpha value is -1.40. The summed E-state index contributed by atoms with van der Waals surface area (Å²) in [5.74, 6) is -0.0280. The highest BCUT2D eigenvalue weighted by molar-refractivity contribution is 5.76. The van der Waals surface area contributed by atoms with Crippen molar-refractivity contribution in [1.82, 2.24) is 5.32 Å². The van der Waals surface area contributed by atoms with E-state index in [-0.39, 0.29) is 18.5 Å². The molecule has 0 aliphatic rings. The van der Waals surface area contributed by atoms with Crippen LogP contribution in [0.2, 0.25) is 0 Å². The largest absolute Gasteiger partial charge is 0.466 e. The van der Waals surface area contributed by atoms with Gasteiger partial charge in [0.05, 0.1) is 25.4 Å². The molecule has 0 aliphatic heterocycles. The van der Waals surface area contributed by atoms with E-state index in [0.29, 0.717) is 25.9 Å². The number of hydrogen-bond donors (Lipinski definition) is 3. The smallest absolute Gasteiger partial charge is 0.305 e. The topological polar surface area (TPSA) is 95.9 Å². The van der Waals surface area contributed by atoms with Gasteiger partial charge in [0.25, 0.3) is 0 Å². The van der Waals surface area contributed by atoms with Crippen LogP contribution in [0.5, 0.6) is 0 Å². The fourth-order valence-corrected chi connectivity index (χ4v) is 9.99. The van der Waals surface area contributed by atoms with Gasteiger partial charge in [-0.2, -0.15) is 0 Å². The lowest BCUT2D eigenvalue weighted by molar-refractivity contribution is -0.143. The van der Waals surface area contributed by atoms with Crippen LogP contribution in [0.15, 0.2) is 12.2 Å². The molecule has 3 N–H and O–H groups in total. The van der Waals surface area contributed by atoms with Gasteiger partial charge in [-0.25, -0.2) is 0 Å². The molecular weight excluding hydrogens is 851 g/mol. The standard InChI is InChI=1S/C63H123NO5/c1-3-5-7-9-11-13-15-17-18-19-23-27-30-33-37-41-45-49-53-57-63(68)69-58-54-50-46-42-38-34-31-28-25-22-20-21-24-26-29-32-36-40-44-48-52-56-62(67)64-60(59-65)61(66)55-51-47-43-39-35-16-14-12-10-8-6-4-2/h21,24,60-61,65-66H,3-20,22-23,25-59H2,1-2H3,(H,64,67)/b24-21-. The number of nitrogens with one attached hydrogen (secondary N) is 1. The van der Waals surface area contributed by atoms with Gasteiger partial charge in [-0.15, -0.1) is 0 Å². The highest BCUT2D eigenvalue weighted by Crippen LogP contribution is 2.18. The molecule has 1 amide bonds. The third-order valence-corrected chi connectivity index (χ3v) is 14.8. The van der Waals surface area contributed by atoms with Gasteiger partial charge in [0.2, 0.25) is 5.91 Å². The van der Waals surface area contributed by atoms with Crippen LogP contribution in [0.1, 0.15) is 354 Å². The van der Waals surface area contributed by atoms with Gasteiger partial charge in [0, 0.05) is 12.8 Å². The summed E-state index contributed by atoms with van der Waals surface area (Å²) in [6.45, 7) is 4.97. The molecule has 0 aromatic carbocycles. The molecular formula is C63H123NO5. The van der Waals surface area contributed by atoms with Gasteiger partial charge in [0.1, 0.15) is 0 Å². The minimum Gasteiger partial charge on any atom is -0.466 e. The van der Waals surface area contributed by atoms with Crippen LogP contribution in [0.4, 0.5) is 0 Å².